The smallest absolute Gasteiger partial charge is 0.277 e. The monoisotopic (exact) mass is 376 g/mol. The summed E-state index contributed by atoms with van der Waals surface area (Å²) in [6.45, 7) is 4.85. The van der Waals surface area contributed by atoms with Crippen LogP contribution in [0.1, 0.15) is 0 Å². The number of nitrogens with zero attached hydrogens (tertiary/aromatic N) is 3. The van der Waals surface area contributed by atoms with Crippen LogP contribution < -0.4 is 5.56 Å². The molecule has 1 N–H and O–H groups in total. The normalized spacial score (nSPS) is 16.4. The largest absolute Gasteiger partial charge is 0.379 e. The van der Waals surface area contributed by atoms with Crippen LogP contribution in [0.15, 0.2) is 33.8 Å². The average molecular weight is 377 g/mol. The Kier molecular flexibility index (Phi) is 3.92. The van der Waals surface area contributed by atoms with Gasteiger partial charge in [0.2, 0.25) is 0 Å². The second-order valence-electron chi connectivity index (χ2n) is 5.74. The maximum Gasteiger partial charge on any atom is 0.277 e. The molecule has 0 aliphatic carbocycles. The molecule has 120 valence electrons. The van der Waals surface area contributed by atoms with E-state index in [0.29, 0.717) is 12.1 Å². The lowest BCUT2D eigenvalue weighted by Gasteiger charge is -2.26. The Hall–Kier alpha value is -1.70. The zero-order valence-electron chi connectivity index (χ0n) is 12.6. The number of rotatable bonds is 3. The number of nitrogens with one attached hydrogen (secondary N) is 1. The minimum absolute atomic E-state index is 0.0180. The number of hydrogen-bond acceptors (Lipinski definition) is 4. The predicted octanol–water partition coefficient (Wildman–Crippen LogP) is 1.97. The maximum atomic E-state index is 12.7. The van der Waals surface area contributed by atoms with Crippen LogP contribution in [0.5, 0.6) is 0 Å². The van der Waals surface area contributed by atoms with Crippen LogP contribution in [0.25, 0.3) is 21.9 Å². The van der Waals surface area contributed by atoms with Crippen molar-refractivity contribution < 1.29 is 4.74 Å². The third kappa shape index (κ3) is 2.80. The Labute approximate surface area is 141 Å². The molecule has 0 unspecified atom stereocenters. The highest BCUT2D eigenvalue weighted by Crippen LogP contribution is 2.24. The second kappa shape index (κ2) is 6.07. The average Bonchev–Trinajstić information content (AvgIpc) is 2.94. The summed E-state index contributed by atoms with van der Waals surface area (Å²) in [6.07, 6.45) is 1.65. The van der Waals surface area contributed by atoms with E-state index in [1.807, 2.05) is 18.2 Å². The summed E-state index contributed by atoms with van der Waals surface area (Å²) in [6, 6.07) is 5.89. The zero-order chi connectivity index (χ0) is 15.8. The van der Waals surface area contributed by atoms with Crippen molar-refractivity contribution in [2.24, 2.45) is 0 Å². The van der Waals surface area contributed by atoms with Crippen molar-refractivity contribution in [1.29, 1.82) is 0 Å². The standard InChI is InChI=1S/C16H17BrN4O2/c17-11-1-2-13-12(9-11)14-15(19-13)16(22)21(10-18-14)4-3-20-5-7-23-8-6-20/h1-2,9-10,19H,3-8H2. The van der Waals surface area contributed by atoms with Gasteiger partial charge < -0.3 is 9.72 Å². The van der Waals surface area contributed by atoms with Gasteiger partial charge in [-0.2, -0.15) is 0 Å². The van der Waals surface area contributed by atoms with Gasteiger partial charge in [0.05, 0.1) is 19.5 Å². The van der Waals surface area contributed by atoms with Crippen molar-refractivity contribution in [3.8, 4) is 0 Å². The Morgan fingerprint density at radius 1 is 1.26 bits per heavy atom. The first kappa shape index (κ1) is 14.9. The molecule has 0 atom stereocenters. The summed E-state index contributed by atoms with van der Waals surface area (Å²) in [7, 11) is 0. The SMILES string of the molecule is O=c1c2[nH]c3ccc(Br)cc3c2ncn1CCN1CCOCC1. The molecule has 1 aromatic carbocycles. The van der Waals surface area contributed by atoms with Crippen molar-refractivity contribution in [3.05, 3.63) is 39.4 Å². The summed E-state index contributed by atoms with van der Waals surface area (Å²) in [5.74, 6) is 0. The van der Waals surface area contributed by atoms with Crippen LogP contribution >= 0.6 is 15.9 Å². The summed E-state index contributed by atoms with van der Waals surface area (Å²) in [5, 5.41) is 0.965. The van der Waals surface area contributed by atoms with E-state index >= 15 is 0 Å². The Bertz CT molecular complexity index is 911. The summed E-state index contributed by atoms with van der Waals surface area (Å²) >= 11 is 3.46. The Balaban J connectivity index is 1.67. The number of aromatic amines is 1. The molecule has 0 saturated carbocycles. The first-order valence-corrected chi connectivity index (χ1v) is 8.48. The molecule has 1 aliphatic heterocycles. The van der Waals surface area contributed by atoms with Crippen LogP contribution in [-0.4, -0.2) is 52.3 Å². The van der Waals surface area contributed by atoms with Crippen LogP contribution in [-0.2, 0) is 11.3 Å². The van der Waals surface area contributed by atoms with E-state index in [9.17, 15) is 4.79 Å². The van der Waals surface area contributed by atoms with Gasteiger partial charge in [-0.1, -0.05) is 15.9 Å². The highest BCUT2D eigenvalue weighted by atomic mass is 79.9. The fourth-order valence-electron chi connectivity index (χ4n) is 3.00. The van der Waals surface area contributed by atoms with Gasteiger partial charge in [0.25, 0.3) is 5.56 Å². The van der Waals surface area contributed by atoms with Gasteiger partial charge >= 0.3 is 0 Å². The number of benzene rings is 1. The molecular formula is C16H17BrN4O2. The molecule has 0 radical (unpaired) electrons. The topological polar surface area (TPSA) is 63.2 Å². The van der Waals surface area contributed by atoms with Crippen molar-refractivity contribution in [3.63, 3.8) is 0 Å². The fraction of sp³-hybridized carbons (Fsp3) is 0.375. The molecular weight excluding hydrogens is 360 g/mol. The lowest BCUT2D eigenvalue weighted by atomic mass is 10.2. The molecule has 6 nitrogen and oxygen atoms in total. The second-order valence-corrected chi connectivity index (χ2v) is 6.65. The van der Waals surface area contributed by atoms with Gasteiger partial charge in [0.15, 0.2) is 0 Å². The number of fused-ring (bicyclic) bond motifs is 3. The van der Waals surface area contributed by atoms with Crippen LogP contribution in [0.2, 0.25) is 0 Å². The molecule has 0 bridgehead atoms. The van der Waals surface area contributed by atoms with E-state index in [1.165, 1.54) is 0 Å². The minimum atomic E-state index is -0.0180. The van der Waals surface area contributed by atoms with E-state index < -0.39 is 0 Å². The third-order valence-corrected chi connectivity index (χ3v) is 4.79. The highest BCUT2D eigenvalue weighted by molar-refractivity contribution is 9.10. The fourth-order valence-corrected chi connectivity index (χ4v) is 3.36. The van der Waals surface area contributed by atoms with Gasteiger partial charge in [-0.25, -0.2) is 4.98 Å². The van der Waals surface area contributed by atoms with E-state index in [1.54, 1.807) is 10.9 Å². The van der Waals surface area contributed by atoms with E-state index in [0.717, 1.165) is 53.7 Å². The molecule has 4 rings (SSSR count). The molecule has 1 aliphatic rings. The number of morpholine rings is 1. The highest BCUT2D eigenvalue weighted by Gasteiger charge is 2.13. The van der Waals surface area contributed by atoms with E-state index in [4.69, 9.17) is 4.74 Å². The van der Waals surface area contributed by atoms with Crippen LogP contribution in [0.3, 0.4) is 0 Å². The Morgan fingerprint density at radius 3 is 2.91 bits per heavy atom. The van der Waals surface area contributed by atoms with Crippen LogP contribution in [0.4, 0.5) is 0 Å². The van der Waals surface area contributed by atoms with Gasteiger partial charge in [0.1, 0.15) is 11.0 Å². The number of hydrogen-bond donors (Lipinski definition) is 1. The van der Waals surface area contributed by atoms with Gasteiger partial charge in [-0.3, -0.25) is 14.3 Å². The van der Waals surface area contributed by atoms with Gasteiger partial charge in [0, 0.05) is 41.6 Å². The molecule has 3 heterocycles. The van der Waals surface area contributed by atoms with Crippen molar-refractivity contribution >= 4 is 37.9 Å². The van der Waals surface area contributed by atoms with E-state index in [-0.39, 0.29) is 5.56 Å². The molecule has 0 spiro atoms. The first-order valence-electron chi connectivity index (χ1n) is 7.69. The zero-order valence-corrected chi connectivity index (χ0v) is 14.2. The summed E-state index contributed by atoms with van der Waals surface area (Å²) in [4.78, 5) is 22.7. The van der Waals surface area contributed by atoms with E-state index in [2.05, 4.69) is 30.8 Å². The number of aromatic nitrogens is 3. The first-order chi connectivity index (χ1) is 11.2. The molecule has 2 aromatic heterocycles. The maximum absolute atomic E-state index is 12.7. The molecule has 0 amide bonds. The molecule has 3 aromatic rings. The molecule has 7 heteroatoms. The summed E-state index contributed by atoms with van der Waals surface area (Å²) < 4.78 is 8.00. The van der Waals surface area contributed by atoms with Crippen molar-refractivity contribution in [2.45, 2.75) is 6.54 Å². The minimum Gasteiger partial charge on any atom is -0.379 e. The predicted molar refractivity (Wildman–Crippen MR) is 92.8 cm³/mol. The lowest BCUT2D eigenvalue weighted by molar-refractivity contribution is 0.0362. The summed E-state index contributed by atoms with van der Waals surface area (Å²) in [5.41, 5.74) is 2.21. The van der Waals surface area contributed by atoms with Gasteiger partial charge in [-0.15, -0.1) is 0 Å². The molecule has 23 heavy (non-hydrogen) atoms. The van der Waals surface area contributed by atoms with Crippen molar-refractivity contribution in [2.75, 3.05) is 32.8 Å². The number of H-pyrrole nitrogens is 1. The molecule has 1 fully saturated rings. The third-order valence-electron chi connectivity index (χ3n) is 4.29. The number of halogens is 1. The van der Waals surface area contributed by atoms with Crippen molar-refractivity contribution in [1.82, 2.24) is 19.4 Å². The molecule has 1 saturated heterocycles. The van der Waals surface area contributed by atoms with Crippen LogP contribution in [0, 0.1) is 0 Å². The Morgan fingerprint density at radius 2 is 2.09 bits per heavy atom. The van der Waals surface area contributed by atoms with Gasteiger partial charge in [-0.05, 0) is 18.2 Å². The lowest BCUT2D eigenvalue weighted by Crippen LogP contribution is -2.39. The number of ether oxygens (including phenoxy) is 1. The quantitative estimate of drug-likeness (QED) is 0.758.